The highest BCUT2D eigenvalue weighted by Gasteiger charge is 2.23. The molecule has 0 aliphatic carbocycles. The number of carbonyl (C=O) groups excluding carboxylic acids is 1. The van der Waals surface area contributed by atoms with E-state index in [0.29, 0.717) is 0 Å². The minimum atomic E-state index is -1.49. The van der Waals surface area contributed by atoms with Crippen molar-refractivity contribution in [2.75, 3.05) is 0 Å². The van der Waals surface area contributed by atoms with E-state index in [1.165, 1.54) is 5.56 Å². The third kappa shape index (κ3) is 4.84. The summed E-state index contributed by atoms with van der Waals surface area (Å²) in [6.07, 6.45) is 2.50. The lowest BCUT2D eigenvalue weighted by molar-refractivity contribution is -0.130. The predicted molar refractivity (Wildman–Crippen MR) is 75.0 cm³/mol. The summed E-state index contributed by atoms with van der Waals surface area (Å²) in [5, 5.41) is 19.8. The normalized spacial score (nSPS) is 12.9. The van der Waals surface area contributed by atoms with E-state index in [9.17, 15) is 9.59 Å². The number of rotatable bonds is 8. The van der Waals surface area contributed by atoms with Gasteiger partial charge in [0.2, 0.25) is 5.71 Å². The van der Waals surface area contributed by atoms with Crippen molar-refractivity contribution in [2.24, 2.45) is 11.1 Å². The van der Waals surface area contributed by atoms with Crippen LogP contribution in [0.1, 0.15) is 31.7 Å². The Balaban J connectivity index is 2.55. The first kappa shape index (κ1) is 15.9. The molecular formula is C15H19NO4. The number of hydrogen-bond acceptors (Lipinski definition) is 4. The van der Waals surface area contributed by atoms with Crippen molar-refractivity contribution in [2.45, 2.75) is 32.6 Å². The summed E-state index contributed by atoms with van der Waals surface area (Å²) >= 11 is 0. The van der Waals surface area contributed by atoms with E-state index in [1.807, 2.05) is 37.3 Å². The number of oxime groups is 1. The predicted octanol–water partition coefficient (Wildman–Crippen LogP) is 2.52. The Morgan fingerprint density at radius 2 is 1.90 bits per heavy atom. The molecule has 0 radical (unpaired) electrons. The molecule has 2 N–H and O–H groups in total. The molecule has 1 aromatic carbocycles. The molecule has 0 aromatic heterocycles. The van der Waals surface area contributed by atoms with E-state index in [-0.39, 0.29) is 12.3 Å². The van der Waals surface area contributed by atoms with Gasteiger partial charge in [-0.25, -0.2) is 4.79 Å². The summed E-state index contributed by atoms with van der Waals surface area (Å²) in [7, 11) is 0. The van der Waals surface area contributed by atoms with Crippen molar-refractivity contribution in [1.82, 2.24) is 0 Å². The van der Waals surface area contributed by atoms with Crippen LogP contribution in [0.25, 0.3) is 0 Å². The van der Waals surface area contributed by atoms with Crippen molar-refractivity contribution in [3.63, 3.8) is 0 Å². The molecule has 0 fully saturated rings. The van der Waals surface area contributed by atoms with Gasteiger partial charge >= 0.3 is 5.97 Å². The Morgan fingerprint density at radius 1 is 1.25 bits per heavy atom. The van der Waals surface area contributed by atoms with Gasteiger partial charge < -0.3 is 10.3 Å². The van der Waals surface area contributed by atoms with E-state index in [2.05, 4.69) is 5.16 Å². The van der Waals surface area contributed by atoms with E-state index in [4.69, 9.17) is 10.3 Å². The molecule has 5 heteroatoms. The van der Waals surface area contributed by atoms with E-state index < -0.39 is 17.5 Å². The number of carbonyl (C=O) groups is 2. The molecule has 108 valence electrons. The maximum Gasteiger partial charge on any atom is 0.361 e. The Morgan fingerprint density at radius 3 is 2.40 bits per heavy atom. The van der Waals surface area contributed by atoms with Gasteiger partial charge in [0.1, 0.15) is 0 Å². The quantitative estimate of drug-likeness (QED) is 0.331. The zero-order valence-corrected chi connectivity index (χ0v) is 11.5. The van der Waals surface area contributed by atoms with Crippen molar-refractivity contribution < 1.29 is 19.9 Å². The SMILES string of the molecule is CCC(CCc1ccccc1)CC(=O)C(=NO)C(=O)O. The number of nitrogens with zero attached hydrogens (tertiary/aromatic N) is 1. The molecule has 1 unspecified atom stereocenters. The van der Waals surface area contributed by atoms with Gasteiger partial charge in [0, 0.05) is 6.42 Å². The van der Waals surface area contributed by atoms with Crippen LogP contribution in [0, 0.1) is 5.92 Å². The number of aryl methyl sites for hydroxylation is 1. The maximum absolute atomic E-state index is 11.7. The maximum atomic E-state index is 11.7. The summed E-state index contributed by atoms with van der Waals surface area (Å²) in [4.78, 5) is 22.4. The van der Waals surface area contributed by atoms with Gasteiger partial charge in [-0.3, -0.25) is 4.79 Å². The monoisotopic (exact) mass is 277 g/mol. The Bertz CT molecular complexity index is 482. The molecule has 0 saturated heterocycles. The van der Waals surface area contributed by atoms with Gasteiger partial charge in [0.05, 0.1) is 0 Å². The van der Waals surface area contributed by atoms with Crippen LogP contribution >= 0.6 is 0 Å². The summed E-state index contributed by atoms with van der Waals surface area (Å²) in [6.45, 7) is 1.96. The number of Topliss-reactive ketones (excluding diaryl/α,β-unsaturated/α-hetero) is 1. The number of hydrogen-bond donors (Lipinski definition) is 2. The van der Waals surface area contributed by atoms with Crippen LogP contribution in [0.2, 0.25) is 0 Å². The highest BCUT2D eigenvalue weighted by atomic mass is 16.4. The molecule has 0 spiro atoms. The first-order valence-electron chi connectivity index (χ1n) is 6.61. The van der Waals surface area contributed by atoms with Gasteiger partial charge in [0.15, 0.2) is 5.78 Å². The number of ketones is 1. The molecule has 1 aromatic rings. The minimum absolute atomic E-state index is 0.0822. The molecule has 0 aliphatic heterocycles. The third-order valence-electron chi connectivity index (χ3n) is 3.30. The summed E-state index contributed by atoms with van der Waals surface area (Å²) < 4.78 is 0. The summed E-state index contributed by atoms with van der Waals surface area (Å²) in [6, 6.07) is 9.91. The summed E-state index contributed by atoms with van der Waals surface area (Å²) in [5.74, 6) is -2.03. The molecule has 0 saturated carbocycles. The van der Waals surface area contributed by atoms with Crippen molar-refractivity contribution in [3.8, 4) is 0 Å². The molecule has 0 heterocycles. The summed E-state index contributed by atoms with van der Waals surface area (Å²) in [5.41, 5.74) is 0.399. The lowest BCUT2D eigenvalue weighted by Crippen LogP contribution is -2.26. The Labute approximate surface area is 117 Å². The Hall–Kier alpha value is -2.17. The molecular weight excluding hydrogens is 258 g/mol. The first-order chi connectivity index (χ1) is 9.58. The van der Waals surface area contributed by atoms with E-state index in [1.54, 1.807) is 0 Å². The van der Waals surface area contributed by atoms with E-state index >= 15 is 0 Å². The molecule has 0 aliphatic rings. The third-order valence-corrected chi connectivity index (χ3v) is 3.30. The number of carboxylic acids is 1. The zero-order valence-electron chi connectivity index (χ0n) is 11.5. The molecule has 1 atom stereocenters. The zero-order chi connectivity index (χ0) is 15.0. The fourth-order valence-corrected chi connectivity index (χ4v) is 2.04. The van der Waals surface area contributed by atoms with Crippen LogP contribution in [0.15, 0.2) is 35.5 Å². The average Bonchev–Trinajstić information content (AvgIpc) is 2.44. The molecule has 1 rings (SSSR count). The second kappa shape index (κ2) is 8.09. The first-order valence-corrected chi connectivity index (χ1v) is 6.61. The van der Waals surface area contributed by atoms with Crippen LogP contribution in [-0.4, -0.2) is 27.8 Å². The topological polar surface area (TPSA) is 87.0 Å². The fourth-order valence-electron chi connectivity index (χ4n) is 2.04. The molecule has 5 nitrogen and oxygen atoms in total. The number of aliphatic carboxylic acids is 1. The number of carboxylic acid groups (broad SMARTS) is 1. The smallest absolute Gasteiger partial charge is 0.361 e. The number of benzene rings is 1. The van der Waals surface area contributed by atoms with Gasteiger partial charge in [-0.1, -0.05) is 48.8 Å². The Kier molecular flexibility index (Phi) is 6.43. The van der Waals surface area contributed by atoms with Crippen molar-refractivity contribution in [3.05, 3.63) is 35.9 Å². The second-order valence-electron chi connectivity index (χ2n) is 4.68. The van der Waals surface area contributed by atoms with Gasteiger partial charge in [-0.15, -0.1) is 0 Å². The van der Waals surface area contributed by atoms with Gasteiger partial charge in [-0.05, 0) is 24.3 Å². The molecule has 0 amide bonds. The van der Waals surface area contributed by atoms with Crippen molar-refractivity contribution in [1.29, 1.82) is 0 Å². The van der Waals surface area contributed by atoms with Gasteiger partial charge in [-0.2, -0.15) is 0 Å². The average molecular weight is 277 g/mol. The van der Waals surface area contributed by atoms with Crippen LogP contribution < -0.4 is 0 Å². The fraction of sp³-hybridized carbons (Fsp3) is 0.400. The second-order valence-corrected chi connectivity index (χ2v) is 4.68. The largest absolute Gasteiger partial charge is 0.476 e. The molecule has 20 heavy (non-hydrogen) atoms. The lowest BCUT2D eigenvalue weighted by Gasteiger charge is -2.13. The van der Waals surface area contributed by atoms with E-state index in [0.717, 1.165) is 19.3 Å². The van der Waals surface area contributed by atoms with Crippen LogP contribution in [0.5, 0.6) is 0 Å². The van der Waals surface area contributed by atoms with Crippen LogP contribution in [-0.2, 0) is 16.0 Å². The highest BCUT2D eigenvalue weighted by molar-refractivity contribution is 6.63. The van der Waals surface area contributed by atoms with Crippen molar-refractivity contribution >= 4 is 17.5 Å². The lowest BCUT2D eigenvalue weighted by atomic mass is 9.91. The van der Waals surface area contributed by atoms with Crippen LogP contribution in [0.3, 0.4) is 0 Å². The highest BCUT2D eigenvalue weighted by Crippen LogP contribution is 2.17. The van der Waals surface area contributed by atoms with Gasteiger partial charge in [0.25, 0.3) is 0 Å². The van der Waals surface area contributed by atoms with Crippen LogP contribution in [0.4, 0.5) is 0 Å². The molecule has 0 bridgehead atoms. The minimum Gasteiger partial charge on any atom is -0.476 e. The standard InChI is InChI=1S/C15H19NO4/c1-2-11(8-9-12-6-4-3-5-7-12)10-13(17)14(16-20)15(18)19/h3-7,11,20H,2,8-10H2,1H3,(H,18,19).